The second-order valence-corrected chi connectivity index (χ2v) is 16.4. The number of esters is 2. The molecule has 0 rings (SSSR count). The van der Waals surface area contributed by atoms with Crippen LogP contribution in [0.4, 0.5) is 0 Å². The number of hydrogen-bond donors (Lipinski definition) is 0. The largest absolute Gasteiger partial charge is 0.756 e. The zero-order chi connectivity index (χ0) is 39.3. The number of carbonyl (C=O) groups is 2. The number of likely N-dealkylation sites (N-methyl/N-ethyl adjacent to an activating group) is 1. The first-order valence-electron chi connectivity index (χ1n) is 20.8. The van der Waals surface area contributed by atoms with Crippen molar-refractivity contribution >= 4 is 19.8 Å². The molecule has 0 amide bonds. The average Bonchev–Trinajstić information content (AvgIpc) is 3.10. The quantitative estimate of drug-likeness (QED) is 0.0202. The lowest BCUT2D eigenvalue weighted by Gasteiger charge is -2.28. The van der Waals surface area contributed by atoms with Crippen molar-refractivity contribution in [2.75, 3.05) is 47.5 Å². The molecule has 10 heteroatoms. The van der Waals surface area contributed by atoms with Crippen LogP contribution in [0.5, 0.6) is 0 Å². The van der Waals surface area contributed by atoms with E-state index in [4.69, 9.17) is 18.5 Å². The maximum atomic E-state index is 12.6. The first kappa shape index (κ1) is 51.0. The predicted octanol–water partition coefficient (Wildman–Crippen LogP) is 10.9. The van der Waals surface area contributed by atoms with Gasteiger partial charge < -0.3 is 27.9 Å². The van der Waals surface area contributed by atoms with E-state index in [2.05, 4.69) is 62.5 Å². The molecule has 0 aromatic rings. The third-order valence-electron chi connectivity index (χ3n) is 8.57. The van der Waals surface area contributed by atoms with E-state index in [9.17, 15) is 19.0 Å². The molecule has 9 nitrogen and oxygen atoms in total. The fourth-order valence-electron chi connectivity index (χ4n) is 5.23. The summed E-state index contributed by atoms with van der Waals surface area (Å²) in [4.78, 5) is 37.4. The molecule has 0 aliphatic carbocycles. The molecule has 53 heavy (non-hydrogen) atoms. The van der Waals surface area contributed by atoms with E-state index < -0.39 is 32.5 Å². The predicted molar refractivity (Wildman–Crippen MR) is 217 cm³/mol. The summed E-state index contributed by atoms with van der Waals surface area (Å²) >= 11 is 0. The molecule has 0 bridgehead atoms. The Balaban J connectivity index is 4.45. The monoisotopic (exact) mass is 768 g/mol. The standard InChI is InChI=1S/C43H78NO8P/c1-6-8-10-12-14-16-18-20-22-24-25-27-29-31-33-35-42(45)49-39-41(40-51-53(47,48)50-38-37-44(3,4)5)52-43(46)36-34-32-30-28-26-23-21-19-17-15-13-11-9-7-2/h13-16,19-22,41H,6-12,17-18,23-40H2,1-5H3/b15-13+,16-14+,21-19+,22-20+/t41-/m1/s1. The minimum atomic E-state index is -4.63. The summed E-state index contributed by atoms with van der Waals surface area (Å²) in [5.74, 6) is -0.871. The number of hydrogen-bond acceptors (Lipinski definition) is 8. The Bertz CT molecular complexity index is 1050. The van der Waals surface area contributed by atoms with Crippen molar-refractivity contribution in [3.63, 3.8) is 0 Å². The molecule has 0 fully saturated rings. The number of allylic oxidation sites excluding steroid dienone is 8. The molecule has 0 radical (unpaired) electrons. The summed E-state index contributed by atoms with van der Waals surface area (Å²) in [5.41, 5.74) is 0. The van der Waals surface area contributed by atoms with E-state index in [-0.39, 0.29) is 26.1 Å². The third-order valence-corrected chi connectivity index (χ3v) is 9.54. The van der Waals surface area contributed by atoms with Gasteiger partial charge in [-0.05, 0) is 70.6 Å². The lowest BCUT2D eigenvalue weighted by atomic mass is 10.1. The van der Waals surface area contributed by atoms with Gasteiger partial charge in [-0.1, -0.05) is 127 Å². The van der Waals surface area contributed by atoms with Gasteiger partial charge in [0, 0.05) is 12.8 Å². The summed E-state index contributed by atoms with van der Waals surface area (Å²) in [6.07, 6.45) is 39.9. The number of phosphoric acid groups is 1. The topological polar surface area (TPSA) is 111 Å². The highest BCUT2D eigenvalue weighted by atomic mass is 31.2. The van der Waals surface area contributed by atoms with Gasteiger partial charge in [-0.25, -0.2) is 0 Å². The SMILES string of the molecule is CCCC/C=C/C/C=C/CCCCCCCC(=O)O[C@H](COC(=O)CCCCCCC/C=C/C/C=C/CCCCC)COP(=O)([O-])OCC[N+](C)(C)C. The van der Waals surface area contributed by atoms with Gasteiger partial charge in [-0.3, -0.25) is 14.2 Å². The van der Waals surface area contributed by atoms with Crippen LogP contribution in [0.25, 0.3) is 0 Å². The van der Waals surface area contributed by atoms with Crippen LogP contribution in [0, 0.1) is 0 Å². The second kappa shape index (κ2) is 35.7. The molecule has 0 aliphatic rings. The molecular formula is C43H78NO8P. The fourth-order valence-corrected chi connectivity index (χ4v) is 5.96. The number of quaternary nitrogens is 1. The van der Waals surface area contributed by atoms with Crippen molar-refractivity contribution in [2.45, 2.75) is 168 Å². The zero-order valence-corrected chi connectivity index (χ0v) is 35.3. The summed E-state index contributed by atoms with van der Waals surface area (Å²) in [6.45, 7) is 4.11. The van der Waals surface area contributed by atoms with Gasteiger partial charge in [0.2, 0.25) is 0 Å². The molecule has 2 atom stereocenters. The number of unbranched alkanes of at least 4 members (excludes halogenated alkanes) is 15. The van der Waals surface area contributed by atoms with Crippen LogP contribution in [0.3, 0.4) is 0 Å². The van der Waals surface area contributed by atoms with E-state index in [0.717, 1.165) is 83.5 Å². The highest BCUT2D eigenvalue weighted by Gasteiger charge is 2.21. The summed E-state index contributed by atoms with van der Waals surface area (Å²) in [6, 6.07) is 0. The molecule has 0 heterocycles. The Morgan fingerprint density at radius 1 is 0.585 bits per heavy atom. The van der Waals surface area contributed by atoms with Gasteiger partial charge in [0.25, 0.3) is 7.82 Å². The smallest absolute Gasteiger partial charge is 0.306 e. The molecule has 0 N–H and O–H groups in total. The Hall–Kier alpha value is -2.03. The van der Waals surface area contributed by atoms with E-state index in [1.165, 1.54) is 38.5 Å². The average molecular weight is 768 g/mol. The summed E-state index contributed by atoms with van der Waals surface area (Å²) in [5, 5.41) is 0. The Morgan fingerprint density at radius 2 is 1.04 bits per heavy atom. The second-order valence-electron chi connectivity index (χ2n) is 15.0. The highest BCUT2D eigenvalue weighted by molar-refractivity contribution is 7.45. The van der Waals surface area contributed by atoms with Crippen LogP contribution < -0.4 is 4.89 Å². The van der Waals surface area contributed by atoms with Gasteiger partial charge in [-0.2, -0.15) is 0 Å². The maximum Gasteiger partial charge on any atom is 0.306 e. The van der Waals surface area contributed by atoms with Crippen molar-refractivity contribution in [3.05, 3.63) is 48.6 Å². The molecule has 0 saturated heterocycles. The molecule has 1 unspecified atom stereocenters. The normalized spacial score (nSPS) is 14.2. The van der Waals surface area contributed by atoms with Crippen LogP contribution in [-0.4, -0.2) is 70.0 Å². The minimum Gasteiger partial charge on any atom is -0.756 e. The summed E-state index contributed by atoms with van der Waals surface area (Å²) in [7, 11) is 1.14. The third kappa shape index (κ3) is 39.5. The van der Waals surface area contributed by atoms with Gasteiger partial charge in [0.15, 0.2) is 6.10 Å². The molecule has 0 saturated carbocycles. The van der Waals surface area contributed by atoms with E-state index in [1.54, 1.807) is 0 Å². The van der Waals surface area contributed by atoms with E-state index in [0.29, 0.717) is 23.9 Å². The first-order chi connectivity index (χ1) is 25.5. The van der Waals surface area contributed by atoms with Gasteiger partial charge >= 0.3 is 11.9 Å². The van der Waals surface area contributed by atoms with Crippen LogP contribution >= 0.6 is 7.82 Å². The molecule has 308 valence electrons. The van der Waals surface area contributed by atoms with Crippen molar-refractivity contribution < 1.29 is 42.1 Å². The first-order valence-corrected chi connectivity index (χ1v) is 22.3. The molecule has 0 aromatic carbocycles. The van der Waals surface area contributed by atoms with Gasteiger partial charge in [-0.15, -0.1) is 0 Å². The lowest BCUT2D eigenvalue weighted by molar-refractivity contribution is -0.870. The molecule has 0 aliphatic heterocycles. The van der Waals surface area contributed by atoms with Crippen LogP contribution in [-0.2, 0) is 32.7 Å². The number of phosphoric ester groups is 1. The Morgan fingerprint density at radius 3 is 1.55 bits per heavy atom. The van der Waals surface area contributed by atoms with Crippen molar-refractivity contribution in [3.8, 4) is 0 Å². The Labute approximate surface area is 324 Å². The van der Waals surface area contributed by atoms with Gasteiger partial charge in [0.1, 0.15) is 19.8 Å². The van der Waals surface area contributed by atoms with Crippen molar-refractivity contribution in [1.82, 2.24) is 0 Å². The minimum absolute atomic E-state index is 0.0377. The van der Waals surface area contributed by atoms with E-state index in [1.807, 2.05) is 21.1 Å². The molecular weight excluding hydrogens is 689 g/mol. The summed E-state index contributed by atoms with van der Waals surface area (Å²) < 4.78 is 33.8. The van der Waals surface area contributed by atoms with Crippen LogP contribution in [0.2, 0.25) is 0 Å². The van der Waals surface area contributed by atoms with Gasteiger partial charge in [0.05, 0.1) is 27.7 Å². The number of carbonyl (C=O) groups excluding carboxylic acids is 2. The van der Waals surface area contributed by atoms with Crippen molar-refractivity contribution in [1.29, 1.82) is 0 Å². The zero-order valence-electron chi connectivity index (χ0n) is 34.4. The van der Waals surface area contributed by atoms with Crippen molar-refractivity contribution in [2.24, 2.45) is 0 Å². The fraction of sp³-hybridized carbons (Fsp3) is 0.767. The number of rotatable bonds is 37. The van der Waals surface area contributed by atoms with E-state index >= 15 is 0 Å². The Kier molecular flexibility index (Phi) is 34.3. The number of ether oxygens (including phenoxy) is 2. The highest BCUT2D eigenvalue weighted by Crippen LogP contribution is 2.38. The molecule has 0 spiro atoms. The van der Waals surface area contributed by atoms with Crippen LogP contribution in [0.15, 0.2) is 48.6 Å². The lowest BCUT2D eigenvalue weighted by Crippen LogP contribution is -2.37. The molecule has 0 aromatic heterocycles. The maximum absolute atomic E-state index is 12.6. The van der Waals surface area contributed by atoms with Crippen LogP contribution in [0.1, 0.15) is 162 Å². The number of nitrogens with zero attached hydrogens (tertiary/aromatic N) is 1.